The summed E-state index contributed by atoms with van der Waals surface area (Å²) in [6, 6.07) is 0. The van der Waals surface area contributed by atoms with Crippen LogP contribution in [0.1, 0.15) is 19.8 Å². The molecule has 0 rings (SSSR count). The molecule has 0 saturated carbocycles. The molecule has 0 heterocycles. The Bertz CT molecular complexity index is 16.0. The number of unbranched alkanes of at least 4 members (excludes halogenated alkanes) is 1. The van der Waals surface area contributed by atoms with Crippen molar-refractivity contribution in [3.8, 4) is 0 Å². The molecule has 1 nitrogen and oxygen atoms in total. The van der Waals surface area contributed by atoms with Crippen molar-refractivity contribution in [1.29, 1.82) is 0 Å². The van der Waals surface area contributed by atoms with Crippen LogP contribution in [0.2, 0.25) is 0 Å². The molecule has 0 bridgehead atoms. The van der Waals surface area contributed by atoms with Crippen LogP contribution in [0.3, 0.4) is 0 Å². The Kier molecular flexibility index (Phi) is 169. The molecule has 0 aromatic heterocycles. The third kappa shape index (κ3) is 52.2. The summed E-state index contributed by atoms with van der Waals surface area (Å²) in [5.74, 6) is 0. The molecule has 0 unspecified atom stereocenters. The van der Waals surface area contributed by atoms with E-state index in [1.807, 2.05) is 0 Å². The maximum absolute atomic E-state index is 3.60. The molecule has 0 aromatic carbocycles. The maximum Gasteiger partial charge on any atom is 2.00 e. The fourth-order valence-electron chi connectivity index (χ4n) is 0. The van der Waals surface area contributed by atoms with E-state index in [2.05, 4.69) is 13.8 Å². The Morgan fingerprint density at radius 3 is 1.38 bits per heavy atom. The smallest absolute Gasteiger partial charge is 0.693 e. The van der Waals surface area contributed by atoms with Gasteiger partial charge in [0, 0.05) is 0 Å². The van der Waals surface area contributed by atoms with Gasteiger partial charge in [0.2, 0.25) is 0 Å². The Hall–Kier alpha value is 1.42. The third-order valence-corrected chi connectivity index (χ3v) is 0.354. The summed E-state index contributed by atoms with van der Waals surface area (Å²) >= 11 is 0. The molecular formula is C4H13Cl2NZr. The summed E-state index contributed by atoms with van der Waals surface area (Å²) in [5, 5.41) is 0. The summed E-state index contributed by atoms with van der Waals surface area (Å²) in [6.07, 6.45) is 2.28. The molecule has 0 amide bonds. The Balaban J connectivity index is -0.00000000750. The zero-order chi connectivity index (χ0) is 3.41. The molecule has 0 aromatic rings. The van der Waals surface area contributed by atoms with E-state index in [0.29, 0.717) is 0 Å². The van der Waals surface area contributed by atoms with Crippen LogP contribution in [0.15, 0.2) is 0 Å². The summed E-state index contributed by atoms with van der Waals surface area (Å²) in [4.78, 5) is 0. The van der Waals surface area contributed by atoms with Gasteiger partial charge in [-0.05, 0) is 0 Å². The van der Waals surface area contributed by atoms with Gasteiger partial charge in [0.1, 0.15) is 0 Å². The molecule has 0 atom stereocenters. The zero-order valence-electron chi connectivity index (χ0n) is 5.02. The van der Waals surface area contributed by atoms with Crippen LogP contribution >= 0.6 is 24.8 Å². The molecule has 8 heavy (non-hydrogen) atoms. The van der Waals surface area contributed by atoms with Gasteiger partial charge in [-0.25, -0.2) is 0 Å². The summed E-state index contributed by atoms with van der Waals surface area (Å²) < 4.78 is 0. The van der Waals surface area contributed by atoms with Crippen molar-refractivity contribution in [2.24, 2.45) is 0 Å². The van der Waals surface area contributed by atoms with Gasteiger partial charge < -0.3 is 13.1 Å². The minimum atomic E-state index is 0. The van der Waals surface area contributed by atoms with E-state index in [1.165, 1.54) is 6.42 Å². The van der Waals surface area contributed by atoms with Gasteiger partial charge in [0.05, 0.1) is 0 Å². The maximum atomic E-state index is 3.60. The van der Waals surface area contributed by atoms with Gasteiger partial charge in [-0.3, -0.25) is 0 Å². The molecule has 0 aliphatic carbocycles. The minimum Gasteiger partial charge on any atom is -0.693 e. The van der Waals surface area contributed by atoms with Gasteiger partial charge in [0.15, 0.2) is 0 Å². The quantitative estimate of drug-likeness (QED) is 0.628. The second-order valence-corrected chi connectivity index (χ2v) is 0.854. The fraction of sp³-hybridized carbons (Fsp3) is 0.750. The van der Waals surface area contributed by atoms with Crippen LogP contribution in [-0.4, -0.2) is 0 Å². The average Bonchev–Trinajstić information content (AvgIpc) is 1.37. The number of rotatable bonds is 1. The van der Waals surface area contributed by atoms with Crippen molar-refractivity contribution in [3.05, 3.63) is 13.1 Å². The molecule has 0 saturated heterocycles. The Morgan fingerprint density at radius 2 is 1.38 bits per heavy atom. The molecule has 0 aliphatic rings. The molecule has 0 fully saturated rings. The van der Waals surface area contributed by atoms with E-state index in [-0.39, 0.29) is 57.2 Å². The van der Waals surface area contributed by atoms with Crippen LogP contribution < -0.4 is 0 Å². The number of hydrogen-bond donors (Lipinski definition) is 0. The van der Waals surface area contributed by atoms with Crippen molar-refractivity contribution >= 4 is 24.8 Å². The van der Waals surface area contributed by atoms with Gasteiger partial charge in [-0.15, -0.1) is 24.8 Å². The van der Waals surface area contributed by atoms with Crippen LogP contribution in [0.25, 0.3) is 6.15 Å². The van der Waals surface area contributed by atoms with Gasteiger partial charge in [0.25, 0.3) is 0 Å². The first-order chi connectivity index (χ1) is 1.91. The van der Waals surface area contributed by atoms with E-state index in [1.54, 1.807) is 0 Å². The van der Waals surface area contributed by atoms with Crippen molar-refractivity contribution in [3.63, 3.8) is 0 Å². The van der Waals surface area contributed by atoms with E-state index in [9.17, 15) is 0 Å². The average molecular weight is 237 g/mol. The number of hydrogen-bond acceptors (Lipinski definition) is 0. The normalized spacial score (nSPS) is 3.75. The first-order valence-electron chi connectivity index (χ1n) is 1.71. The van der Waals surface area contributed by atoms with Crippen LogP contribution in [0, 0.1) is 6.92 Å². The SMILES string of the molecule is Cl.Cl.[CH2-]CCC.[NH2-].[Zr+2]. The first kappa shape index (κ1) is 34.2. The monoisotopic (exact) mass is 235 g/mol. The van der Waals surface area contributed by atoms with E-state index in [4.69, 9.17) is 0 Å². The predicted octanol–water partition coefficient (Wildman–Crippen LogP) is 3.18. The second kappa shape index (κ2) is 39.6. The molecule has 0 radical (unpaired) electrons. The molecule has 52 valence electrons. The summed E-state index contributed by atoms with van der Waals surface area (Å²) in [6.45, 7) is 5.72. The number of nitrogens with two attached hydrogens (primary N) is 1. The topological polar surface area (TPSA) is 33.5 Å². The molecule has 2 N–H and O–H groups in total. The van der Waals surface area contributed by atoms with Crippen molar-refractivity contribution in [2.45, 2.75) is 19.8 Å². The van der Waals surface area contributed by atoms with E-state index >= 15 is 0 Å². The zero-order valence-corrected chi connectivity index (χ0v) is 9.11. The summed E-state index contributed by atoms with van der Waals surface area (Å²) in [5.41, 5.74) is 0. The predicted molar refractivity (Wildman–Crippen MR) is 40.0 cm³/mol. The van der Waals surface area contributed by atoms with Gasteiger partial charge in [-0.2, -0.15) is 6.42 Å². The Morgan fingerprint density at radius 1 is 1.25 bits per heavy atom. The molecule has 0 spiro atoms. The standard InChI is InChI=1S/C4H9.2ClH.H2N.Zr/c1-3-4-2;;;;/h1,3-4H2,2H3;2*1H;1H2;/q-1;;;-1;+2. The van der Waals surface area contributed by atoms with Crippen LogP contribution in [0.5, 0.6) is 0 Å². The van der Waals surface area contributed by atoms with E-state index < -0.39 is 0 Å². The third-order valence-electron chi connectivity index (χ3n) is 0.354. The second-order valence-electron chi connectivity index (χ2n) is 0.854. The molecular weight excluding hydrogens is 224 g/mol. The fourth-order valence-corrected chi connectivity index (χ4v) is 0. The van der Waals surface area contributed by atoms with E-state index in [0.717, 1.165) is 6.42 Å². The molecule has 4 heteroatoms. The van der Waals surface area contributed by atoms with Crippen molar-refractivity contribution in [2.75, 3.05) is 0 Å². The molecule has 0 aliphatic heterocycles. The van der Waals surface area contributed by atoms with Crippen LogP contribution in [-0.2, 0) is 26.2 Å². The largest absolute Gasteiger partial charge is 2.00 e. The van der Waals surface area contributed by atoms with Gasteiger partial charge in [-0.1, -0.05) is 13.3 Å². The number of halogens is 2. The van der Waals surface area contributed by atoms with Crippen LogP contribution in [0.4, 0.5) is 0 Å². The first-order valence-corrected chi connectivity index (χ1v) is 1.71. The Labute approximate surface area is 83.5 Å². The minimum absolute atomic E-state index is 0. The van der Waals surface area contributed by atoms with Crippen molar-refractivity contribution in [1.82, 2.24) is 0 Å². The summed E-state index contributed by atoms with van der Waals surface area (Å²) in [7, 11) is 0. The van der Waals surface area contributed by atoms with Gasteiger partial charge >= 0.3 is 26.2 Å². The van der Waals surface area contributed by atoms with Crippen molar-refractivity contribution < 1.29 is 26.2 Å².